The van der Waals surface area contributed by atoms with Gasteiger partial charge in [-0.2, -0.15) is 0 Å². The van der Waals surface area contributed by atoms with Crippen LogP contribution in [0, 0.1) is 0 Å². The molecule has 1 rings (SSSR count). The summed E-state index contributed by atoms with van der Waals surface area (Å²) in [5.74, 6) is 0.558. The minimum Gasteiger partial charge on any atom is -0.465 e. The second kappa shape index (κ2) is 14.0. The number of carbonyl (C=O) groups is 1. The maximum absolute atomic E-state index is 11.5. The summed E-state index contributed by atoms with van der Waals surface area (Å²) >= 11 is 0. The largest absolute Gasteiger partial charge is 0.465 e. The van der Waals surface area contributed by atoms with E-state index in [1.165, 1.54) is 13.5 Å². The predicted molar refractivity (Wildman–Crippen MR) is 117 cm³/mol. The molecule has 0 aromatic heterocycles. The average Bonchev–Trinajstić information content (AvgIpc) is 2.71. The first-order valence-electron chi connectivity index (χ1n) is 10.5. The number of guanidine groups is 1. The van der Waals surface area contributed by atoms with Crippen LogP contribution in [0.3, 0.4) is 0 Å². The first-order valence-corrected chi connectivity index (χ1v) is 10.5. The van der Waals surface area contributed by atoms with Gasteiger partial charge in [0.15, 0.2) is 5.96 Å². The molecule has 0 saturated heterocycles. The van der Waals surface area contributed by atoms with E-state index >= 15 is 0 Å². The van der Waals surface area contributed by atoms with Gasteiger partial charge in [0.2, 0.25) is 0 Å². The van der Waals surface area contributed by atoms with Gasteiger partial charge in [0.05, 0.1) is 12.7 Å². The van der Waals surface area contributed by atoms with Crippen LogP contribution in [-0.4, -0.2) is 62.7 Å². The molecule has 0 amide bonds. The highest BCUT2D eigenvalue weighted by atomic mass is 16.5. The van der Waals surface area contributed by atoms with E-state index < -0.39 is 0 Å². The minimum absolute atomic E-state index is 0.307. The zero-order valence-electron chi connectivity index (χ0n) is 18.3. The Kier molecular flexibility index (Phi) is 12.0. The first kappa shape index (κ1) is 24.0. The van der Waals surface area contributed by atoms with Crippen LogP contribution in [0.1, 0.15) is 56.5 Å². The molecular formula is C22H38N4O2. The molecule has 6 heteroatoms. The van der Waals surface area contributed by atoms with Gasteiger partial charge >= 0.3 is 5.97 Å². The Morgan fingerprint density at radius 3 is 2.43 bits per heavy atom. The van der Waals surface area contributed by atoms with Crippen molar-refractivity contribution < 1.29 is 9.53 Å². The molecule has 0 heterocycles. The molecule has 2 N–H and O–H groups in total. The Morgan fingerprint density at radius 2 is 1.86 bits per heavy atom. The van der Waals surface area contributed by atoms with Crippen LogP contribution in [0.25, 0.3) is 0 Å². The number of ether oxygens (including phenoxy) is 1. The SMILES string of the molecule is CCNC(=NCCc1ccc(C(=O)OC)cc1)NC(C)CCCN(CC)CC. The summed E-state index contributed by atoms with van der Waals surface area (Å²) in [6.45, 7) is 13.6. The summed E-state index contributed by atoms with van der Waals surface area (Å²) in [5, 5.41) is 6.83. The lowest BCUT2D eigenvalue weighted by atomic mass is 10.1. The van der Waals surface area contributed by atoms with Gasteiger partial charge in [-0.05, 0) is 70.4 Å². The lowest BCUT2D eigenvalue weighted by Crippen LogP contribution is -2.42. The molecule has 6 nitrogen and oxygen atoms in total. The molecular weight excluding hydrogens is 352 g/mol. The van der Waals surface area contributed by atoms with Crippen LogP contribution in [0.2, 0.25) is 0 Å². The molecule has 0 aliphatic heterocycles. The number of nitrogens with one attached hydrogen (secondary N) is 2. The van der Waals surface area contributed by atoms with Crippen LogP contribution >= 0.6 is 0 Å². The van der Waals surface area contributed by atoms with E-state index in [0.29, 0.717) is 18.2 Å². The number of rotatable bonds is 12. The Morgan fingerprint density at radius 1 is 1.18 bits per heavy atom. The van der Waals surface area contributed by atoms with E-state index in [4.69, 9.17) is 9.73 Å². The lowest BCUT2D eigenvalue weighted by molar-refractivity contribution is 0.0600. The van der Waals surface area contributed by atoms with Crippen molar-refractivity contribution in [3.63, 3.8) is 0 Å². The van der Waals surface area contributed by atoms with Gasteiger partial charge in [-0.25, -0.2) is 4.79 Å². The van der Waals surface area contributed by atoms with Crippen molar-refractivity contribution in [3.05, 3.63) is 35.4 Å². The Labute approximate surface area is 170 Å². The van der Waals surface area contributed by atoms with Crippen molar-refractivity contribution >= 4 is 11.9 Å². The van der Waals surface area contributed by atoms with E-state index in [0.717, 1.165) is 50.5 Å². The fourth-order valence-corrected chi connectivity index (χ4v) is 3.01. The van der Waals surface area contributed by atoms with Crippen molar-refractivity contribution in [2.45, 2.75) is 53.0 Å². The average molecular weight is 391 g/mol. The van der Waals surface area contributed by atoms with E-state index in [1.807, 2.05) is 12.1 Å². The molecule has 1 atom stereocenters. The number of esters is 1. The molecule has 1 unspecified atom stereocenters. The van der Waals surface area contributed by atoms with E-state index in [2.05, 4.69) is 43.2 Å². The van der Waals surface area contributed by atoms with Gasteiger partial charge in [-0.15, -0.1) is 0 Å². The van der Waals surface area contributed by atoms with Crippen molar-refractivity contribution in [2.24, 2.45) is 4.99 Å². The third-order valence-electron chi connectivity index (χ3n) is 4.78. The molecule has 158 valence electrons. The van der Waals surface area contributed by atoms with Gasteiger partial charge in [0.25, 0.3) is 0 Å². The molecule has 0 aliphatic rings. The summed E-state index contributed by atoms with van der Waals surface area (Å²) in [5.41, 5.74) is 1.72. The van der Waals surface area contributed by atoms with Crippen LogP contribution in [0.5, 0.6) is 0 Å². The normalized spacial score (nSPS) is 12.7. The van der Waals surface area contributed by atoms with Crippen molar-refractivity contribution in [3.8, 4) is 0 Å². The highest BCUT2D eigenvalue weighted by Gasteiger charge is 2.07. The highest BCUT2D eigenvalue weighted by Crippen LogP contribution is 2.06. The zero-order valence-corrected chi connectivity index (χ0v) is 18.3. The predicted octanol–water partition coefficient (Wildman–Crippen LogP) is 3.08. The minimum atomic E-state index is -0.307. The Hall–Kier alpha value is -2.08. The van der Waals surface area contributed by atoms with Gasteiger partial charge in [0, 0.05) is 19.1 Å². The van der Waals surface area contributed by atoms with E-state index in [9.17, 15) is 4.79 Å². The molecule has 0 radical (unpaired) electrons. The molecule has 0 spiro atoms. The van der Waals surface area contributed by atoms with Gasteiger partial charge < -0.3 is 20.3 Å². The van der Waals surface area contributed by atoms with Crippen LogP contribution in [-0.2, 0) is 11.2 Å². The number of hydrogen-bond acceptors (Lipinski definition) is 4. The summed E-state index contributed by atoms with van der Waals surface area (Å²) in [6.07, 6.45) is 3.13. The van der Waals surface area contributed by atoms with Crippen molar-refractivity contribution in [1.29, 1.82) is 0 Å². The zero-order chi connectivity index (χ0) is 20.8. The van der Waals surface area contributed by atoms with Crippen LogP contribution in [0.4, 0.5) is 0 Å². The van der Waals surface area contributed by atoms with Crippen molar-refractivity contribution in [2.75, 3.05) is 39.8 Å². The summed E-state index contributed by atoms with van der Waals surface area (Å²) in [4.78, 5) is 18.6. The second-order valence-electron chi connectivity index (χ2n) is 6.91. The smallest absolute Gasteiger partial charge is 0.337 e. The maximum atomic E-state index is 11.5. The third-order valence-corrected chi connectivity index (χ3v) is 4.78. The standard InChI is InChI=1S/C22H38N4O2/c1-6-23-22(25-18(4)10-9-17-26(7-2)8-3)24-16-15-19-11-13-20(14-12-19)21(27)28-5/h11-14,18H,6-10,15-17H2,1-5H3,(H2,23,24,25). The molecule has 0 fully saturated rings. The number of nitrogens with zero attached hydrogens (tertiary/aromatic N) is 2. The molecule has 0 bridgehead atoms. The van der Waals surface area contributed by atoms with Gasteiger partial charge in [-0.1, -0.05) is 26.0 Å². The first-order chi connectivity index (χ1) is 13.5. The highest BCUT2D eigenvalue weighted by molar-refractivity contribution is 5.89. The molecule has 1 aromatic rings. The number of aliphatic imine (C=N–C) groups is 1. The second-order valence-corrected chi connectivity index (χ2v) is 6.91. The number of methoxy groups -OCH3 is 1. The molecule has 28 heavy (non-hydrogen) atoms. The quantitative estimate of drug-likeness (QED) is 0.326. The molecule has 0 saturated carbocycles. The monoisotopic (exact) mass is 390 g/mol. The molecule has 0 aliphatic carbocycles. The lowest BCUT2D eigenvalue weighted by Gasteiger charge is -2.21. The number of carbonyl (C=O) groups excluding carboxylic acids is 1. The van der Waals surface area contributed by atoms with Gasteiger partial charge in [0.1, 0.15) is 0 Å². The van der Waals surface area contributed by atoms with Crippen molar-refractivity contribution in [1.82, 2.24) is 15.5 Å². The summed E-state index contributed by atoms with van der Waals surface area (Å²) in [6, 6.07) is 7.89. The number of benzene rings is 1. The van der Waals surface area contributed by atoms with E-state index in [-0.39, 0.29) is 5.97 Å². The third kappa shape index (κ3) is 9.22. The Bertz CT molecular complexity index is 583. The summed E-state index contributed by atoms with van der Waals surface area (Å²) < 4.78 is 4.73. The number of hydrogen-bond donors (Lipinski definition) is 2. The van der Waals surface area contributed by atoms with Crippen LogP contribution in [0.15, 0.2) is 29.3 Å². The Balaban J connectivity index is 2.46. The van der Waals surface area contributed by atoms with Crippen LogP contribution < -0.4 is 10.6 Å². The topological polar surface area (TPSA) is 66.0 Å². The maximum Gasteiger partial charge on any atom is 0.337 e. The molecule has 1 aromatic carbocycles. The van der Waals surface area contributed by atoms with Gasteiger partial charge in [-0.3, -0.25) is 4.99 Å². The fourth-order valence-electron chi connectivity index (χ4n) is 3.01. The fraction of sp³-hybridized carbons (Fsp3) is 0.636. The van der Waals surface area contributed by atoms with E-state index in [1.54, 1.807) is 12.1 Å². The summed E-state index contributed by atoms with van der Waals surface area (Å²) in [7, 11) is 1.39.